The predicted octanol–water partition coefficient (Wildman–Crippen LogP) is 4.12. The first-order valence-corrected chi connectivity index (χ1v) is 8.45. The Labute approximate surface area is 127 Å². The van der Waals surface area contributed by atoms with Crippen molar-refractivity contribution in [1.82, 2.24) is 14.5 Å². The molecule has 3 aromatic heterocycles. The topological polar surface area (TPSA) is 39.9 Å². The van der Waals surface area contributed by atoms with Crippen LogP contribution in [0.4, 0.5) is 0 Å². The molecular weight excluding hydrogens is 282 g/mol. The van der Waals surface area contributed by atoms with Crippen LogP contribution in [0.3, 0.4) is 0 Å². The van der Waals surface area contributed by atoms with Crippen molar-refractivity contribution in [2.75, 3.05) is 13.2 Å². The lowest BCUT2D eigenvalue weighted by atomic mass is 10.1. The molecule has 0 spiro atoms. The Morgan fingerprint density at radius 3 is 3.05 bits per heavy atom. The molecule has 5 heteroatoms. The third-order valence-corrected chi connectivity index (χ3v) is 5.08. The smallest absolute Gasteiger partial charge is 0.112 e. The molecule has 4 heterocycles. The number of fused-ring (bicyclic) bond motifs is 3. The molecule has 0 saturated carbocycles. The van der Waals surface area contributed by atoms with Gasteiger partial charge in [-0.05, 0) is 24.3 Å². The van der Waals surface area contributed by atoms with Gasteiger partial charge in [-0.15, -0.1) is 11.3 Å². The van der Waals surface area contributed by atoms with E-state index in [0.29, 0.717) is 12.0 Å². The summed E-state index contributed by atoms with van der Waals surface area (Å²) in [5.74, 6) is 1.55. The van der Waals surface area contributed by atoms with Crippen LogP contribution in [0.1, 0.15) is 44.5 Å². The highest BCUT2D eigenvalue weighted by molar-refractivity contribution is 7.18. The van der Waals surface area contributed by atoms with Crippen LogP contribution >= 0.6 is 11.3 Å². The molecule has 0 unspecified atom stereocenters. The molecule has 1 aliphatic heterocycles. The highest BCUT2D eigenvalue weighted by atomic mass is 32.1. The monoisotopic (exact) mass is 301 g/mol. The second-order valence-electron chi connectivity index (χ2n) is 5.99. The second-order valence-corrected chi connectivity index (χ2v) is 6.91. The second kappa shape index (κ2) is 5.07. The van der Waals surface area contributed by atoms with Crippen LogP contribution in [0.15, 0.2) is 17.6 Å². The molecule has 110 valence electrons. The molecule has 3 aromatic rings. The third-order valence-electron chi connectivity index (χ3n) is 4.17. The number of thiophene rings is 1. The summed E-state index contributed by atoms with van der Waals surface area (Å²) < 4.78 is 9.40. The van der Waals surface area contributed by atoms with Gasteiger partial charge in [0, 0.05) is 12.5 Å². The van der Waals surface area contributed by atoms with E-state index in [2.05, 4.69) is 34.8 Å². The molecule has 4 rings (SSSR count). The number of nitrogens with zero attached hydrogens (tertiary/aromatic N) is 3. The van der Waals surface area contributed by atoms with Crippen LogP contribution in [0, 0.1) is 0 Å². The minimum atomic E-state index is 0.397. The Morgan fingerprint density at radius 1 is 1.38 bits per heavy atom. The molecule has 0 aromatic carbocycles. The molecule has 1 saturated heterocycles. The van der Waals surface area contributed by atoms with E-state index in [0.717, 1.165) is 36.5 Å². The average Bonchev–Trinajstić information content (AvgIpc) is 3.11. The molecule has 21 heavy (non-hydrogen) atoms. The number of ether oxygens (including phenoxy) is 1. The summed E-state index contributed by atoms with van der Waals surface area (Å²) >= 11 is 1.76. The SMILES string of the molecule is CC(C)c1nc2cnc3ccsc3c2n1[C@H]1CCCOC1. The number of imidazole rings is 1. The maximum absolute atomic E-state index is 5.72. The molecular formula is C16H19N3OS. The lowest BCUT2D eigenvalue weighted by Crippen LogP contribution is -2.23. The first-order chi connectivity index (χ1) is 10.3. The van der Waals surface area contributed by atoms with E-state index in [1.807, 2.05) is 6.20 Å². The van der Waals surface area contributed by atoms with E-state index in [-0.39, 0.29) is 0 Å². The Morgan fingerprint density at radius 2 is 2.29 bits per heavy atom. The van der Waals surface area contributed by atoms with Gasteiger partial charge >= 0.3 is 0 Å². The molecule has 0 radical (unpaired) electrons. The van der Waals surface area contributed by atoms with Gasteiger partial charge in [-0.25, -0.2) is 4.98 Å². The molecule has 1 atom stereocenters. The Kier molecular flexibility index (Phi) is 3.19. The van der Waals surface area contributed by atoms with Crippen LogP contribution in [0.2, 0.25) is 0 Å². The van der Waals surface area contributed by atoms with Crippen LogP contribution in [0.5, 0.6) is 0 Å². The number of pyridine rings is 1. The molecule has 1 aliphatic rings. The van der Waals surface area contributed by atoms with Gasteiger partial charge in [-0.3, -0.25) is 4.98 Å². The van der Waals surface area contributed by atoms with E-state index in [1.165, 1.54) is 16.6 Å². The fraction of sp³-hybridized carbons (Fsp3) is 0.500. The van der Waals surface area contributed by atoms with E-state index in [1.54, 1.807) is 11.3 Å². The van der Waals surface area contributed by atoms with Crippen molar-refractivity contribution in [3.63, 3.8) is 0 Å². The zero-order chi connectivity index (χ0) is 14.4. The summed E-state index contributed by atoms with van der Waals surface area (Å²) in [6.45, 7) is 6.09. The Hall–Kier alpha value is -1.46. The summed E-state index contributed by atoms with van der Waals surface area (Å²) in [7, 11) is 0. The molecule has 1 fully saturated rings. The predicted molar refractivity (Wildman–Crippen MR) is 86.1 cm³/mol. The maximum Gasteiger partial charge on any atom is 0.112 e. The lowest BCUT2D eigenvalue weighted by Gasteiger charge is -2.26. The molecule has 0 N–H and O–H groups in total. The van der Waals surface area contributed by atoms with Gasteiger partial charge in [0.1, 0.15) is 11.3 Å². The van der Waals surface area contributed by atoms with Gasteiger partial charge in [0.15, 0.2) is 0 Å². The molecule has 4 nitrogen and oxygen atoms in total. The number of hydrogen-bond acceptors (Lipinski definition) is 4. The summed E-state index contributed by atoms with van der Waals surface area (Å²) in [5, 5.41) is 2.11. The van der Waals surface area contributed by atoms with Crippen molar-refractivity contribution in [2.24, 2.45) is 0 Å². The van der Waals surface area contributed by atoms with Crippen molar-refractivity contribution >= 4 is 32.6 Å². The van der Waals surface area contributed by atoms with Crippen LogP contribution < -0.4 is 0 Å². The van der Waals surface area contributed by atoms with Gasteiger partial charge in [-0.1, -0.05) is 13.8 Å². The van der Waals surface area contributed by atoms with Crippen molar-refractivity contribution in [1.29, 1.82) is 0 Å². The first-order valence-electron chi connectivity index (χ1n) is 7.57. The lowest BCUT2D eigenvalue weighted by molar-refractivity contribution is 0.0594. The van der Waals surface area contributed by atoms with E-state index < -0.39 is 0 Å². The van der Waals surface area contributed by atoms with Gasteiger partial charge < -0.3 is 9.30 Å². The van der Waals surface area contributed by atoms with Gasteiger partial charge in [-0.2, -0.15) is 0 Å². The van der Waals surface area contributed by atoms with Crippen LogP contribution in [0.25, 0.3) is 21.3 Å². The minimum absolute atomic E-state index is 0.397. The molecule has 0 bridgehead atoms. The van der Waals surface area contributed by atoms with Crippen LogP contribution in [-0.4, -0.2) is 27.7 Å². The molecule has 0 amide bonds. The Bertz CT molecular complexity index is 783. The zero-order valence-corrected chi connectivity index (χ0v) is 13.2. The van der Waals surface area contributed by atoms with Gasteiger partial charge in [0.25, 0.3) is 0 Å². The number of hydrogen-bond donors (Lipinski definition) is 0. The maximum atomic E-state index is 5.72. The third kappa shape index (κ3) is 2.07. The van der Waals surface area contributed by atoms with Gasteiger partial charge in [0.05, 0.1) is 34.6 Å². The summed E-state index contributed by atoms with van der Waals surface area (Å²) in [6.07, 6.45) is 4.21. The van der Waals surface area contributed by atoms with Crippen molar-refractivity contribution < 1.29 is 4.74 Å². The van der Waals surface area contributed by atoms with E-state index in [9.17, 15) is 0 Å². The summed E-state index contributed by atoms with van der Waals surface area (Å²) in [5.41, 5.74) is 3.33. The van der Waals surface area contributed by atoms with Crippen LogP contribution in [-0.2, 0) is 4.74 Å². The molecule has 0 aliphatic carbocycles. The summed E-state index contributed by atoms with van der Waals surface area (Å²) in [6, 6.07) is 2.48. The quantitative estimate of drug-likeness (QED) is 0.715. The normalized spacial score (nSPS) is 19.9. The van der Waals surface area contributed by atoms with E-state index >= 15 is 0 Å². The first kappa shape index (κ1) is 13.2. The van der Waals surface area contributed by atoms with Crippen molar-refractivity contribution in [3.8, 4) is 0 Å². The fourth-order valence-electron chi connectivity index (χ4n) is 3.20. The number of rotatable bonds is 2. The van der Waals surface area contributed by atoms with Crippen molar-refractivity contribution in [2.45, 2.75) is 38.6 Å². The van der Waals surface area contributed by atoms with Gasteiger partial charge in [0.2, 0.25) is 0 Å². The highest BCUT2D eigenvalue weighted by Crippen LogP contribution is 2.35. The largest absolute Gasteiger partial charge is 0.379 e. The number of aromatic nitrogens is 3. The zero-order valence-electron chi connectivity index (χ0n) is 12.4. The average molecular weight is 301 g/mol. The van der Waals surface area contributed by atoms with Crippen molar-refractivity contribution in [3.05, 3.63) is 23.5 Å². The van der Waals surface area contributed by atoms with E-state index in [4.69, 9.17) is 9.72 Å². The Balaban J connectivity index is 2.03. The highest BCUT2D eigenvalue weighted by Gasteiger charge is 2.24. The summed E-state index contributed by atoms with van der Waals surface area (Å²) in [4.78, 5) is 9.40. The fourth-order valence-corrected chi connectivity index (χ4v) is 4.09. The minimum Gasteiger partial charge on any atom is -0.379 e. The standard InChI is InChI=1S/C16H19N3OS/c1-10(2)16-18-13-8-17-12-5-7-21-15(12)14(13)19(16)11-4-3-6-20-9-11/h5,7-8,10-11H,3-4,6,9H2,1-2H3/t11-/m0/s1.